The molecule has 2 nitrogen and oxygen atoms in total. The molecule has 0 atom stereocenters. The van der Waals surface area contributed by atoms with Crippen LogP contribution in [-0.2, 0) is 0 Å². The Morgan fingerprint density at radius 3 is 1.69 bits per heavy atom. The number of hydrogen-bond acceptors (Lipinski definition) is 2. The lowest BCUT2D eigenvalue weighted by Gasteiger charge is -2.31. The molecule has 0 aliphatic carbocycles. The van der Waals surface area contributed by atoms with Crippen molar-refractivity contribution in [2.75, 3.05) is 0 Å². The third kappa shape index (κ3) is 5.35. The van der Waals surface area contributed by atoms with Crippen LogP contribution < -0.4 is 25.9 Å². The van der Waals surface area contributed by atoms with Crippen LogP contribution in [0.2, 0.25) is 45.8 Å². The average molecular weight is 644 g/mol. The SMILES string of the molecule is [2H]C([2H])([2H])c1ccc(-c2cccc3c2oc2c(C#N)c([Si](C)(c4ccc([Si](C)(C)C)cc4)c4ccc([Si](C)(C)C)cc4)ccc23)cc1C([2H])([2H])[2H]. The Morgan fingerprint density at radius 2 is 1.16 bits per heavy atom. The number of nitriles is 1. The van der Waals surface area contributed by atoms with Crippen molar-refractivity contribution in [1.82, 2.24) is 0 Å². The second-order valence-corrected chi connectivity index (χ2v) is 28.4. The molecule has 6 aromatic rings. The van der Waals surface area contributed by atoms with Crippen LogP contribution in [0.4, 0.5) is 0 Å². The van der Waals surface area contributed by atoms with Gasteiger partial charge in [0.2, 0.25) is 0 Å². The highest BCUT2D eigenvalue weighted by Gasteiger charge is 2.38. The second-order valence-electron chi connectivity index (χ2n) is 14.3. The summed E-state index contributed by atoms with van der Waals surface area (Å²) in [7, 11) is -5.86. The minimum atomic E-state index is -2.77. The molecule has 1 heterocycles. The molecule has 0 bridgehead atoms. The monoisotopic (exact) mass is 643 g/mol. The van der Waals surface area contributed by atoms with Gasteiger partial charge in [0, 0.05) is 24.6 Å². The summed E-state index contributed by atoms with van der Waals surface area (Å²) in [5, 5.41) is 18.7. The fourth-order valence-corrected chi connectivity index (χ4v) is 12.5. The summed E-state index contributed by atoms with van der Waals surface area (Å²) in [5.41, 5.74) is 2.25. The number of fused-ring (bicyclic) bond motifs is 3. The molecular weight excluding hydrogens is 595 g/mol. The van der Waals surface area contributed by atoms with Crippen LogP contribution in [0.3, 0.4) is 0 Å². The van der Waals surface area contributed by atoms with Crippen molar-refractivity contribution in [1.29, 1.82) is 5.26 Å². The van der Waals surface area contributed by atoms with Crippen molar-refractivity contribution in [3.63, 3.8) is 0 Å². The first kappa shape index (κ1) is 24.3. The first-order valence-electron chi connectivity index (χ1n) is 18.4. The van der Waals surface area contributed by atoms with Gasteiger partial charge in [-0.2, -0.15) is 5.26 Å². The summed E-state index contributed by atoms with van der Waals surface area (Å²) in [6.45, 7) is 11.2. The first-order valence-corrected chi connectivity index (χ1v) is 24.9. The van der Waals surface area contributed by atoms with Crippen molar-refractivity contribution < 1.29 is 12.6 Å². The molecule has 45 heavy (non-hydrogen) atoms. The van der Waals surface area contributed by atoms with Gasteiger partial charge in [0.05, 0.1) is 21.7 Å². The van der Waals surface area contributed by atoms with Gasteiger partial charge >= 0.3 is 0 Å². The average Bonchev–Trinajstić information content (AvgIpc) is 3.45. The van der Waals surface area contributed by atoms with Gasteiger partial charge in [-0.3, -0.25) is 0 Å². The predicted octanol–water partition coefficient (Wildman–Crippen LogP) is 7.93. The maximum absolute atomic E-state index is 10.9. The van der Waals surface area contributed by atoms with Crippen LogP contribution in [0, 0.1) is 25.0 Å². The van der Waals surface area contributed by atoms with Crippen molar-refractivity contribution in [2.24, 2.45) is 0 Å². The summed E-state index contributed by atoms with van der Waals surface area (Å²) in [6.07, 6.45) is 0. The van der Waals surface area contributed by atoms with E-state index in [0.717, 1.165) is 16.0 Å². The highest BCUT2D eigenvalue weighted by Crippen LogP contribution is 2.37. The third-order valence-electron chi connectivity index (χ3n) is 9.30. The van der Waals surface area contributed by atoms with E-state index in [1.165, 1.54) is 32.9 Å². The topological polar surface area (TPSA) is 36.9 Å². The molecular formula is C40H43NOSi3. The first-order chi connectivity index (χ1) is 23.7. The van der Waals surface area contributed by atoms with Crippen molar-refractivity contribution in [3.05, 3.63) is 114 Å². The fraction of sp³-hybridized carbons (Fsp3) is 0.225. The summed E-state index contributed by atoms with van der Waals surface area (Å²) in [5.74, 6) is 0. The van der Waals surface area contributed by atoms with Gasteiger partial charge < -0.3 is 4.42 Å². The molecule has 0 saturated carbocycles. The number of para-hydroxylation sites is 1. The molecule has 0 aliphatic rings. The quantitative estimate of drug-likeness (QED) is 0.137. The zero-order chi connectivity index (χ0) is 37.3. The molecule has 5 heteroatoms. The Hall–Kier alpha value is -3.96. The van der Waals surface area contributed by atoms with Gasteiger partial charge in [-0.1, -0.05) is 153 Å². The zero-order valence-corrected chi connectivity index (χ0v) is 30.1. The zero-order valence-electron chi connectivity index (χ0n) is 33.1. The Kier molecular flexibility index (Phi) is 6.01. The normalized spacial score (nSPS) is 15.1. The summed E-state index contributed by atoms with van der Waals surface area (Å²) >= 11 is 0. The number of nitrogens with zero attached hydrogens (tertiary/aromatic N) is 1. The highest BCUT2D eigenvalue weighted by molar-refractivity contribution is 7.11. The minimum absolute atomic E-state index is 0.195. The van der Waals surface area contributed by atoms with Gasteiger partial charge in [0.15, 0.2) is 5.58 Å². The van der Waals surface area contributed by atoms with Gasteiger partial charge in [-0.15, -0.1) is 0 Å². The number of aryl methyl sites for hydroxylation is 2. The molecule has 0 spiro atoms. The molecule has 0 fully saturated rings. The summed E-state index contributed by atoms with van der Waals surface area (Å²) in [4.78, 5) is 0. The summed E-state index contributed by atoms with van der Waals surface area (Å²) < 4.78 is 54.8. The standard InChI is InChI=1S/C40H43NOSi3/c1-27-13-14-29(25-28(27)2)34-11-10-12-35-36-23-24-38(37(26-41)40(36)42-39(34)35)45(9,32-19-15-30(16-20-32)43(3,4)5)33-21-17-31(18-22-33)44(6,7)8/h10-25H,1-9H3/i1D3,2D3. The largest absolute Gasteiger partial charge is 0.454 e. The molecule has 6 rings (SSSR count). The van der Waals surface area contributed by atoms with Crippen molar-refractivity contribution in [3.8, 4) is 17.2 Å². The van der Waals surface area contributed by atoms with E-state index in [0.29, 0.717) is 27.9 Å². The lowest BCUT2D eigenvalue weighted by Crippen LogP contribution is -2.66. The van der Waals surface area contributed by atoms with Crippen LogP contribution in [0.5, 0.6) is 0 Å². The van der Waals surface area contributed by atoms with Crippen LogP contribution in [0.25, 0.3) is 33.1 Å². The highest BCUT2D eigenvalue weighted by atomic mass is 28.3. The minimum Gasteiger partial charge on any atom is -0.454 e. The smallest absolute Gasteiger partial charge is 0.153 e. The van der Waals surface area contributed by atoms with Gasteiger partial charge in [0.1, 0.15) is 19.7 Å². The molecule has 0 radical (unpaired) electrons. The third-order valence-corrected chi connectivity index (χ3v) is 17.9. The van der Waals surface area contributed by atoms with Crippen LogP contribution in [0.15, 0.2) is 101 Å². The lowest BCUT2D eigenvalue weighted by atomic mass is 9.98. The molecule has 1 aromatic heterocycles. The second kappa shape index (κ2) is 11.1. The molecule has 0 saturated heterocycles. The van der Waals surface area contributed by atoms with Crippen LogP contribution >= 0.6 is 0 Å². The van der Waals surface area contributed by atoms with E-state index in [1.54, 1.807) is 6.07 Å². The van der Waals surface area contributed by atoms with Gasteiger partial charge in [-0.05, 0) is 46.0 Å². The number of rotatable bonds is 6. The number of furan rings is 1. The fourth-order valence-electron chi connectivity index (χ4n) is 6.41. The Bertz CT molecular complexity index is 2260. The molecule has 226 valence electrons. The molecule has 0 amide bonds. The predicted molar refractivity (Wildman–Crippen MR) is 203 cm³/mol. The van der Waals surface area contributed by atoms with E-state index in [9.17, 15) is 5.26 Å². The van der Waals surface area contributed by atoms with Crippen molar-refractivity contribution in [2.45, 2.75) is 59.5 Å². The van der Waals surface area contributed by atoms with Crippen LogP contribution in [-0.4, -0.2) is 24.2 Å². The van der Waals surface area contributed by atoms with E-state index >= 15 is 0 Å². The van der Waals surface area contributed by atoms with Gasteiger partial charge in [0.25, 0.3) is 0 Å². The van der Waals surface area contributed by atoms with E-state index in [1.807, 2.05) is 24.3 Å². The number of hydrogen-bond donors (Lipinski definition) is 0. The molecule has 0 aliphatic heterocycles. The van der Waals surface area contributed by atoms with Crippen molar-refractivity contribution >= 4 is 72.1 Å². The Labute approximate surface area is 279 Å². The lowest BCUT2D eigenvalue weighted by molar-refractivity contribution is 0.669. The Balaban J connectivity index is 1.61. The molecule has 0 N–H and O–H groups in total. The molecule has 5 aromatic carbocycles. The molecule has 0 unspecified atom stereocenters. The summed E-state index contributed by atoms with van der Waals surface area (Å²) in [6, 6.07) is 34.9. The maximum Gasteiger partial charge on any atom is 0.153 e. The van der Waals surface area contributed by atoms with E-state index in [4.69, 9.17) is 12.6 Å². The maximum atomic E-state index is 10.9. The van der Waals surface area contributed by atoms with E-state index in [2.05, 4.69) is 106 Å². The van der Waals surface area contributed by atoms with E-state index in [-0.39, 0.29) is 11.1 Å². The van der Waals surface area contributed by atoms with E-state index < -0.39 is 37.9 Å². The number of benzene rings is 5. The van der Waals surface area contributed by atoms with Gasteiger partial charge in [-0.25, -0.2) is 0 Å². The Morgan fingerprint density at radius 1 is 0.600 bits per heavy atom. The van der Waals surface area contributed by atoms with Crippen LogP contribution in [0.1, 0.15) is 24.9 Å².